The summed E-state index contributed by atoms with van der Waals surface area (Å²) in [7, 11) is 0. The Labute approximate surface area is 134 Å². The quantitative estimate of drug-likeness (QED) is 0.867. The maximum Gasteiger partial charge on any atom is 0.267 e. The van der Waals surface area contributed by atoms with Gasteiger partial charge in [0.15, 0.2) is 0 Å². The molecule has 1 saturated heterocycles. The van der Waals surface area contributed by atoms with Gasteiger partial charge in [0.1, 0.15) is 4.88 Å². The summed E-state index contributed by atoms with van der Waals surface area (Å²) in [5.74, 6) is 0.0795. The fourth-order valence-corrected chi connectivity index (χ4v) is 3.79. The van der Waals surface area contributed by atoms with Crippen LogP contribution in [0.4, 0.5) is 0 Å². The van der Waals surface area contributed by atoms with Crippen molar-refractivity contribution in [1.29, 1.82) is 0 Å². The summed E-state index contributed by atoms with van der Waals surface area (Å²) in [5.41, 5.74) is 2.98. The maximum atomic E-state index is 12.8. The molecule has 2 aromatic rings. The van der Waals surface area contributed by atoms with E-state index in [1.807, 2.05) is 23.4 Å². The van der Waals surface area contributed by atoms with Crippen LogP contribution in [0.5, 0.6) is 0 Å². The lowest BCUT2D eigenvalue weighted by molar-refractivity contribution is 0.0724. The molecule has 0 aromatic carbocycles. The van der Waals surface area contributed by atoms with Crippen LogP contribution in [0.15, 0.2) is 6.07 Å². The fourth-order valence-electron chi connectivity index (χ4n) is 3.09. The van der Waals surface area contributed by atoms with Crippen molar-refractivity contribution in [3.05, 3.63) is 28.0 Å². The third-order valence-electron chi connectivity index (χ3n) is 4.21. The van der Waals surface area contributed by atoms with Crippen molar-refractivity contribution in [2.24, 2.45) is 0 Å². The number of aromatic nitrogens is 4. The Morgan fingerprint density at radius 1 is 1.45 bits per heavy atom. The minimum atomic E-state index is 0.0795. The molecule has 0 bridgehead atoms. The molecule has 118 valence electrons. The first kappa shape index (κ1) is 15.1. The summed E-state index contributed by atoms with van der Waals surface area (Å²) in [4.78, 5) is 15.5. The highest BCUT2D eigenvalue weighted by atomic mass is 32.1. The number of nitrogens with zero attached hydrogens (tertiary/aromatic N) is 5. The van der Waals surface area contributed by atoms with Crippen molar-refractivity contribution in [2.45, 2.75) is 52.6 Å². The Morgan fingerprint density at radius 3 is 2.95 bits per heavy atom. The molecule has 1 aliphatic rings. The van der Waals surface area contributed by atoms with Crippen LogP contribution in [0.1, 0.15) is 46.5 Å². The Balaban J connectivity index is 1.78. The second-order valence-corrected chi connectivity index (χ2v) is 6.56. The molecule has 0 aliphatic carbocycles. The van der Waals surface area contributed by atoms with Gasteiger partial charge in [0.2, 0.25) is 0 Å². The monoisotopic (exact) mass is 319 g/mol. The highest BCUT2D eigenvalue weighted by Crippen LogP contribution is 2.24. The van der Waals surface area contributed by atoms with Crippen LogP contribution in [0.25, 0.3) is 0 Å². The molecule has 2 aromatic heterocycles. The van der Waals surface area contributed by atoms with Crippen LogP contribution in [-0.2, 0) is 13.0 Å². The normalized spacial score (nSPS) is 18.1. The van der Waals surface area contributed by atoms with Crippen LogP contribution in [0.2, 0.25) is 0 Å². The predicted octanol–water partition coefficient (Wildman–Crippen LogP) is 2.22. The van der Waals surface area contributed by atoms with Crippen LogP contribution in [-0.4, -0.2) is 42.8 Å². The molecule has 6 nitrogen and oxygen atoms in total. The standard InChI is InChI=1S/C15H21N5OS/c1-4-13-14(22-18-16-13)15(21)19-7-5-6-12(19)9-20-11(3)8-10(2)17-20/h8,12H,4-7,9H2,1-3H3/t12-/m0/s1. The molecule has 1 amide bonds. The number of amides is 1. The highest BCUT2D eigenvalue weighted by molar-refractivity contribution is 7.08. The maximum absolute atomic E-state index is 12.8. The van der Waals surface area contributed by atoms with Gasteiger partial charge >= 0.3 is 0 Å². The van der Waals surface area contributed by atoms with Gasteiger partial charge in [0, 0.05) is 12.2 Å². The Hall–Kier alpha value is -1.76. The average Bonchev–Trinajstić information content (AvgIpc) is 3.19. The fraction of sp³-hybridized carbons (Fsp3) is 0.600. The summed E-state index contributed by atoms with van der Waals surface area (Å²) >= 11 is 1.21. The predicted molar refractivity (Wildman–Crippen MR) is 85.0 cm³/mol. The number of carbonyl (C=O) groups is 1. The van der Waals surface area contributed by atoms with E-state index in [0.717, 1.165) is 49.4 Å². The molecule has 0 spiro atoms. The SMILES string of the molecule is CCc1nnsc1C(=O)N1CCC[C@H]1Cn1nc(C)cc1C. The first-order valence-electron chi connectivity index (χ1n) is 7.73. The lowest BCUT2D eigenvalue weighted by atomic mass is 10.2. The Morgan fingerprint density at radius 2 is 2.27 bits per heavy atom. The van der Waals surface area contributed by atoms with Crippen LogP contribution >= 0.6 is 11.5 Å². The highest BCUT2D eigenvalue weighted by Gasteiger charge is 2.32. The second-order valence-electron chi connectivity index (χ2n) is 5.81. The third kappa shape index (κ3) is 2.77. The molecule has 3 heterocycles. The zero-order chi connectivity index (χ0) is 15.7. The molecule has 7 heteroatoms. The van der Waals surface area contributed by atoms with Gasteiger partial charge in [-0.3, -0.25) is 9.48 Å². The smallest absolute Gasteiger partial charge is 0.267 e. The van der Waals surface area contributed by atoms with Crippen molar-refractivity contribution in [1.82, 2.24) is 24.3 Å². The van der Waals surface area contributed by atoms with Crippen LogP contribution in [0.3, 0.4) is 0 Å². The molecular formula is C15H21N5OS. The second kappa shape index (κ2) is 6.16. The first-order valence-corrected chi connectivity index (χ1v) is 8.50. The molecule has 1 fully saturated rings. The van der Waals surface area contributed by atoms with Crippen molar-refractivity contribution in [2.75, 3.05) is 6.54 Å². The zero-order valence-electron chi connectivity index (χ0n) is 13.2. The van der Waals surface area contributed by atoms with Gasteiger partial charge in [-0.15, -0.1) is 5.10 Å². The Kier molecular flexibility index (Phi) is 4.24. The zero-order valence-corrected chi connectivity index (χ0v) is 14.1. The number of aryl methyl sites for hydroxylation is 3. The summed E-state index contributed by atoms with van der Waals surface area (Å²) in [6.07, 6.45) is 2.81. The van der Waals surface area contributed by atoms with Crippen LogP contribution < -0.4 is 0 Å². The molecule has 3 rings (SSSR count). The van der Waals surface area contributed by atoms with E-state index in [2.05, 4.69) is 27.7 Å². The Bertz CT molecular complexity index is 677. The van der Waals surface area contributed by atoms with E-state index in [0.29, 0.717) is 4.88 Å². The minimum Gasteiger partial charge on any atom is -0.333 e. The average molecular weight is 319 g/mol. The number of hydrogen-bond donors (Lipinski definition) is 0. The van der Waals surface area contributed by atoms with E-state index in [4.69, 9.17) is 0 Å². The molecule has 0 saturated carbocycles. The van der Waals surface area contributed by atoms with Gasteiger partial charge in [0.05, 0.1) is 24.0 Å². The molecule has 0 N–H and O–H groups in total. The van der Waals surface area contributed by atoms with Crippen molar-refractivity contribution in [3.63, 3.8) is 0 Å². The largest absolute Gasteiger partial charge is 0.333 e. The molecule has 0 radical (unpaired) electrons. The summed E-state index contributed by atoms with van der Waals surface area (Å²) < 4.78 is 5.95. The summed E-state index contributed by atoms with van der Waals surface area (Å²) in [6, 6.07) is 2.28. The lowest BCUT2D eigenvalue weighted by Crippen LogP contribution is -2.38. The van der Waals surface area contributed by atoms with E-state index in [9.17, 15) is 4.79 Å². The van der Waals surface area contributed by atoms with Gasteiger partial charge in [-0.1, -0.05) is 11.4 Å². The molecule has 22 heavy (non-hydrogen) atoms. The molecule has 1 atom stereocenters. The minimum absolute atomic E-state index is 0.0795. The van der Waals surface area contributed by atoms with Crippen molar-refractivity contribution < 1.29 is 4.79 Å². The molecule has 0 unspecified atom stereocenters. The van der Waals surface area contributed by atoms with Crippen molar-refractivity contribution >= 4 is 17.4 Å². The number of hydrogen-bond acceptors (Lipinski definition) is 5. The van der Waals surface area contributed by atoms with Crippen LogP contribution in [0, 0.1) is 13.8 Å². The topological polar surface area (TPSA) is 63.9 Å². The first-order chi connectivity index (χ1) is 10.6. The molecule has 1 aliphatic heterocycles. The van der Waals surface area contributed by atoms with Gasteiger partial charge in [-0.25, -0.2) is 0 Å². The van der Waals surface area contributed by atoms with Gasteiger partial charge < -0.3 is 4.90 Å². The van der Waals surface area contributed by atoms with Gasteiger partial charge in [0.25, 0.3) is 5.91 Å². The van der Waals surface area contributed by atoms with E-state index in [1.54, 1.807) is 0 Å². The van der Waals surface area contributed by atoms with Crippen molar-refractivity contribution in [3.8, 4) is 0 Å². The van der Waals surface area contributed by atoms with E-state index in [1.165, 1.54) is 11.5 Å². The van der Waals surface area contributed by atoms with Gasteiger partial charge in [-0.2, -0.15) is 5.10 Å². The number of rotatable bonds is 4. The summed E-state index contributed by atoms with van der Waals surface area (Å²) in [5, 5.41) is 8.58. The summed E-state index contributed by atoms with van der Waals surface area (Å²) in [6.45, 7) is 7.63. The number of carbonyl (C=O) groups excluding carboxylic acids is 1. The number of likely N-dealkylation sites (tertiary alicyclic amines) is 1. The van der Waals surface area contributed by atoms with E-state index in [-0.39, 0.29) is 11.9 Å². The lowest BCUT2D eigenvalue weighted by Gasteiger charge is -2.24. The van der Waals surface area contributed by atoms with E-state index < -0.39 is 0 Å². The molecular weight excluding hydrogens is 298 g/mol. The van der Waals surface area contributed by atoms with E-state index >= 15 is 0 Å². The van der Waals surface area contributed by atoms with Gasteiger partial charge in [-0.05, 0) is 50.7 Å². The third-order valence-corrected chi connectivity index (χ3v) is 4.97.